The predicted molar refractivity (Wildman–Crippen MR) is 55.3 cm³/mol. The van der Waals surface area contributed by atoms with Gasteiger partial charge in [-0.15, -0.1) is 0 Å². The number of fused-ring (bicyclic) bond motifs is 1. The molecule has 0 bridgehead atoms. The largest absolute Gasteiger partial charge is 0.369 e. The number of nitrogens with zero attached hydrogens (tertiary/aromatic N) is 1. The lowest BCUT2D eigenvalue weighted by Crippen LogP contribution is -2.30. The van der Waals surface area contributed by atoms with Gasteiger partial charge >= 0.3 is 0 Å². The van der Waals surface area contributed by atoms with Gasteiger partial charge in [0.25, 0.3) is 5.56 Å². The standard InChI is InChI=1S/C9H14N4O/c1-2-5-3-4-6-7(11-5)12-9(10)13-8(6)14/h5H,2-4H2,1H3,(H4,10,11,12,13,14). The Balaban J connectivity index is 2.42. The Hall–Kier alpha value is -1.52. The number of nitrogen functional groups attached to an aromatic ring is 1. The van der Waals surface area contributed by atoms with Crippen LogP contribution in [0.3, 0.4) is 0 Å². The topological polar surface area (TPSA) is 83.8 Å². The maximum Gasteiger partial charge on any atom is 0.257 e. The highest BCUT2D eigenvalue weighted by Crippen LogP contribution is 2.20. The first-order valence-electron chi connectivity index (χ1n) is 4.86. The van der Waals surface area contributed by atoms with Crippen LogP contribution in [0.2, 0.25) is 0 Å². The Morgan fingerprint density at radius 3 is 3.14 bits per heavy atom. The lowest BCUT2D eigenvalue weighted by Gasteiger charge is -2.24. The van der Waals surface area contributed by atoms with Gasteiger partial charge in [-0.1, -0.05) is 6.92 Å². The van der Waals surface area contributed by atoms with E-state index in [-0.39, 0.29) is 11.5 Å². The van der Waals surface area contributed by atoms with Gasteiger partial charge in [0.15, 0.2) is 0 Å². The van der Waals surface area contributed by atoms with E-state index in [9.17, 15) is 4.79 Å². The van der Waals surface area contributed by atoms with Crippen LogP contribution >= 0.6 is 0 Å². The molecule has 1 unspecified atom stereocenters. The molecule has 0 aliphatic carbocycles. The fraction of sp³-hybridized carbons (Fsp3) is 0.556. The first-order valence-corrected chi connectivity index (χ1v) is 4.86. The Morgan fingerprint density at radius 1 is 1.64 bits per heavy atom. The van der Waals surface area contributed by atoms with Crippen molar-refractivity contribution in [2.24, 2.45) is 0 Å². The molecule has 0 fully saturated rings. The minimum Gasteiger partial charge on any atom is -0.369 e. The van der Waals surface area contributed by atoms with E-state index in [1.165, 1.54) is 0 Å². The van der Waals surface area contributed by atoms with Crippen LogP contribution in [0, 0.1) is 0 Å². The fourth-order valence-electron chi connectivity index (χ4n) is 1.76. The van der Waals surface area contributed by atoms with E-state index in [0.717, 1.165) is 24.8 Å². The second-order valence-corrected chi connectivity index (χ2v) is 3.57. The van der Waals surface area contributed by atoms with E-state index in [2.05, 4.69) is 22.2 Å². The maximum absolute atomic E-state index is 11.5. The van der Waals surface area contributed by atoms with Crippen LogP contribution in [0.25, 0.3) is 0 Å². The second kappa shape index (κ2) is 3.32. The molecule has 1 atom stereocenters. The summed E-state index contributed by atoms with van der Waals surface area (Å²) in [5.41, 5.74) is 6.07. The Labute approximate surface area is 81.7 Å². The highest BCUT2D eigenvalue weighted by atomic mass is 16.1. The van der Waals surface area contributed by atoms with Gasteiger partial charge in [0, 0.05) is 6.04 Å². The van der Waals surface area contributed by atoms with Crippen molar-refractivity contribution in [3.05, 3.63) is 15.9 Å². The minimum atomic E-state index is -0.116. The minimum absolute atomic E-state index is 0.116. The molecule has 76 valence electrons. The molecule has 0 saturated heterocycles. The quantitative estimate of drug-likeness (QED) is 0.607. The molecular weight excluding hydrogens is 180 g/mol. The van der Waals surface area contributed by atoms with Gasteiger partial charge in [0.05, 0.1) is 5.56 Å². The first-order chi connectivity index (χ1) is 6.70. The number of nitrogens with two attached hydrogens (primary N) is 1. The summed E-state index contributed by atoms with van der Waals surface area (Å²) in [6.07, 6.45) is 2.80. The third-order valence-corrected chi connectivity index (χ3v) is 2.61. The van der Waals surface area contributed by atoms with Crippen molar-refractivity contribution < 1.29 is 0 Å². The molecule has 2 heterocycles. The summed E-state index contributed by atoms with van der Waals surface area (Å²) in [6.45, 7) is 2.11. The van der Waals surface area contributed by atoms with E-state index in [1.54, 1.807) is 0 Å². The maximum atomic E-state index is 11.5. The number of rotatable bonds is 1. The number of H-pyrrole nitrogens is 1. The van der Waals surface area contributed by atoms with E-state index in [0.29, 0.717) is 11.9 Å². The van der Waals surface area contributed by atoms with Crippen LogP contribution in [0.4, 0.5) is 11.8 Å². The summed E-state index contributed by atoms with van der Waals surface area (Å²) in [4.78, 5) is 18.1. The molecule has 2 rings (SSSR count). The zero-order valence-corrected chi connectivity index (χ0v) is 8.13. The van der Waals surface area contributed by atoms with E-state index in [1.807, 2.05) is 0 Å². The highest BCUT2D eigenvalue weighted by molar-refractivity contribution is 5.48. The number of anilines is 2. The normalized spacial score (nSPS) is 19.9. The lowest BCUT2D eigenvalue weighted by molar-refractivity contribution is 0.605. The highest BCUT2D eigenvalue weighted by Gasteiger charge is 2.20. The molecular formula is C9H14N4O. The predicted octanol–water partition coefficient (Wildman–Crippen LogP) is 0.489. The molecule has 0 saturated carbocycles. The van der Waals surface area contributed by atoms with Crippen LogP contribution in [-0.2, 0) is 6.42 Å². The zero-order valence-electron chi connectivity index (χ0n) is 8.13. The SMILES string of the molecule is CCC1CCc2c(nc(N)[nH]c2=O)N1. The molecule has 0 amide bonds. The molecule has 0 aromatic carbocycles. The first kappa shape index (κ1) is 9.05. The van der Waals surface area contributed by atoms with Gasteiger partial charge in [0.1, 0.15) is 5.82 Å². The zero-order chi connectivity index (χ0) is 10.1. The summed E-state index contributed by atoms with van der Waals surface area (Å²) in [5.74, 6) is 0.836. The summed E-state index contributed by atoms with van der Waals surface area (Å²) >= 11 is 0. The third-order valence-electron chi connectivity index (χ3n) is 2.61. The molecule has 14 heavy (non-hydrogen) atoms. The number of aromatic nitrogens is 2. The van der Waals surface area contributed by atoms with E-state index < -0.39 is 0 Å². The van der Waals surface area contributed by atoms with Gasteiger partial charge in [-0.05, 0) is 19.3 Å². The smallest absolute Gasteiger partial charge is 0.257 e. The summed E-state index contributed by atoms with van der Waals surface area (Å²) < 4.78 is 0. The molecule has 4 N–H and O–H groups in total. The van der Waals surface area contributed by atoms with E-state index >= 15 is 0 Å². The van der Waals surface area contributed by atoms with Crippen molar-refractivity contribution in [1.29, 1.82) is 0 Å². The van der Waals surface area contributed by atoms with Crippen LogP contribution in [0.5, 0.6) is 0 Å². The molecule has 0 radical (unpaired) electrons. The molecule has 1 aromatic rings. The molecule has 1 aliphatic rings. The average molecular weight is 194 g/mol. The van der Waals surface area contributed by atoms with Gasteiger partial charge in [0.2, 0.25) is 5.95 Å². The molecule has 1 aliphatic heterocycles. The van der Waals surface area contributed by atoms with Crippen molar-refractivity contribution in [2.75, 3.05) is 11.1 Å². The van der Waals surface area contributed by atoms with Gasteiger partial charge in [-0.25, -0.2) is 0 Å². The van der Waals surface area contributed by atoms with Crippen molar-refractivity contribution >= 4 is 11.8 Å². The summed E-state index contributed by atoms with van der Waals surface area (Å²) in [5, 5.41) is 3.22. The van der Waals surface area contributed by atoms with Crippen molar-refractivity contribution in [3.63, 3.8) is 0 Å². The van der Waals surface area contributed by atoms with Crippen molar-refractivity contribution in [3.8, 4) is 0 Å². The van der Waals surface area contributed by atoms with Gasteiger partial charge < -0.3 is 11.1 Å². The number of hydrogen-bond acceptors (Lipinski definition) is 4. The molecule has 1 aromatic heterocycles. The number of nitrogens with one attached hydrogen (secondary N) is 2. The van der Waals surface area contributed by atoms with Crippen LogP contribution < -0.4 is 16.6 Å². The summed E-state index contributed by atoms with van der Waals surface area (Å²) in [6, 6.07) is 0.413. The van der Waals surface area contributed by atoms with E-state index in [4.69, 9.17) is 5.73 Å². The average Bonchev–Trinajstić information content (AvgIpc) is 2.16. The fourth-order valence-corrected chi connectivity index (χ4v) is 1.76. The van der Waals surface area contributed by atoms with Crippen LogP contribution in [0.15, 0.2) is 4.79 Å². The van der Waals surface area contributed by atoms with Crippen molar-refractivity contribution in [2.45, 2.75) is 32.2 Å². The Kier molecular flexibility index (Phi) is 2.15. The Morgan fingerprint density at radius 2 is 2.43 bits per heavy atom. The van der Waals surface area contributed by atoms with Gasteiger partial charge in [-0.3, -0.25) is 9.78 Å². The van der Waals surface area contributed by atoms with Crippen LogP contribution in [-0.4, -0.2) is 16.0 Å². The van der Waals surface area contributed by atoms with Crippen molar-refractivity contribution in [1.82, 2.24) is 9.97 Å². The number of aromatic amines is 1. The number of hydrogen-bond donors (Lipinski definition) is 3. The monoisotopic (exact) mass is 194 g/mol. The summed E-state index contributed by atoms with van der Waals surface area (Å²) in [7, 11) is 0. The molecule has 5 nitrogen and oxygen atoms in total. The molecule has 5 heteroatoms. The second-order valence-electron chi connectivity index (χ2n) is 3.57. The lowest BCUT2D eigenvalue weighted by atomic mass is 10.0. The van der Waals surface area contributed by atoms with Crippen LogP contribution in [0.1, 0.15) is 25.3 Å². The Bertz CT molecular complexity index is 398. The third kappa shape index (κ3) is 1.45. The van der Waals surface area contributed by atoms with Gasteiger partial charge in [-0.2, -0.15) is 4.98 Å². The molecule has 0 spiro atoms.